The lowest BCUT2D eigenvalue weighted by Crippen LogP contribution is -2.48. The van der Waals surface area contributed by atoms with Gasteiger partial charge in [-0.05, 0) is 47.5 Å². The van der Waals surface area contributed by atoms with Gasteiger partial charge in [0.05, 0.1) is 11.3 Å². The van der Waals surface area contributed by atoms with Crippen LogP contribution in [0.25, 0.3) is 5.69 Å². The Balaban J connectivity index is 1.48. The fourth-order valence-electron chi connectivity index (χ4n) is 3.81. The van der Waals surface area contributed by atoms with Gasteiger partial charge >= 0.3 is 0 Å². The number of likely N-dealkylation sites (N-methyl/N-ethyl adjacent to an activating group) is 1. The van der Waals surface area contributed by atoms with E-state index in [4.69, 9.17) is 0 Å². The van der Waals surface area contributed by atoms with Gasteiger partial charge in [0.1, 0.15) is 6.33 Å². The molecule has 1 atom stereocenters. The van der Waals surface area contributed by atoms with Crippen LogP contribution < -0.4 is 0 Å². The van der Waals surface area contributed by atoms with Gasteiger partial charge in [-0.1, -0.05) is 42.5 Å². The van der Waals surface area contributed by atoms with E-state index in [9.17, 15) is 4.79 Å². The largest absolute Gasteiger partial charge is 0.337 e. The van der Waals surface area contributed by atoms with Crippen molar-refractivity contribution < 1.29 is 4.79 Å². The molecule has 0 aliphatic carbocycles. The monoisotopic (exact) mass is 376 g/mol. The summed E-state index contributed by atoms with van der Waals surface area (Å²) in [5.41, 5.74) is 2.61. The average Bonchev–Trinajstić information content (AvgIpc) is 3.28. The third-order valence-electron chi connectivity index (χ3n) is 5.33. The number of tetrazole rings is 1. The van der Waals surface area contributed by atoms with Crippen molar-refractivity contribution in [3.63, 3.8) is 0 Å². The Bertz CT molecular complexity index is 912. The predicted molar refractivity (Wildman–Crippen MR) is 106 cm³/mol. The van der Waals surface area contributed by atoms with E-state index in [1.807, 2.05) is 42.3 Å². The molecule has 1 aromatic heterocycles. The zero-order valence-electron chi connectivity index (χ0n) is 16.0. The predicted octanol–water partition coefficient (Wildman–Crippen LogP) is 2.40. The van der Waals surface area contributed by atoms with E-state index in [0.717, 1.165) is 32.5 Å². The highest BCUT2D eigenvalue weighted by atomic mass is 16.2. The molecule has 0 spiro atoms. The van der Waals surface area contributed by atoms with Crippen molar-refractivity contribution in [3.05, 3.63) is 72.1 Å². The highest BCUT2D eigenvalue weighted by Crippen LogP contribution is 2.21. The van der Waals surface area contributed by atoms with Crippen LogP contribution in [0.2, 0.25) is 0 Å². The highest BCUT2D eigenvalue weighted by molar-refractivity contribution is 5.97. The van der Waals surface area contributed by atoms with Gasteiger partial charge in [-0.15, -0.1) is 5.10 Å². The van der Waals surface area contributed by atoms with Crippen LogP contribution >= 0.6 is 0 Å². The van der Waals surface area contributed by atoms with Crippen molar-refractivity contribution in [2.45, 2.75) is 25.4 Å². The summed E-state index contributed by atoms with van der Waals surface area (Å²) in [6.45, 7) is 2.86. The van der Waals surface area contributed by atoms with E-state index >= 15 is 0 Å². The molecule has 0 radical (unpaired) electrons. The first-order chi connectivity index (χ1) is 13.7. The molecule has 1 amide bonds. The molecule has 2 heterocycles. The summed E-state index contributed by atoms with van der Waals surface area (Å²) in [5, 5.41) is 11.3. The number of carbonyl (C=O) groups is 1. The highest BCUT2D eigenvalue weighted by Gasteiger charge is 2.28. The number of rotatable bonds is 5. The summed E-state index contributed by atoms with van der Waals surface area (Å²) < 4.78 is 1.53. The first kappa shape index (κ1) is 18.3. The van der Waals surface area contributed by atoms with Crippen LogP contribution in [0, 0.1) is 0 Å². The molecule has 7 heteroatoms. The Hall–Kier alpha value is -3.06. The summed E-state index contributed by atoms with van der Waals surface area (Å²) in [4.78, 5) is 17.6. The number of benzene rings is 2. The second kappa shape index (κ2) is 8.31. The molecule has 3 aromatic rings. The van der Waals surface area contributed by atoms with Crippen molar-refractivity contribution in [2.75, 3.05) is 20.1 Å². The molecule has 0 bridgehead atoms. The number of piperidine rings is 1. The van der Waals surface area contributed by atoms with Gasteiger partial charge < -0.3 is 4.90 Å². The third kappa shape index (κ3) is 3.94. The van der Waals surface area contributed by atoms with Crippen molar-refractivity contribution in [2.24, 2.45) is 0 Å². The number of amides is 1. The van der Waals surface area contributed by atoms with E-state index in [0.29, 0.717) is 11.3 Å². The Labute approximate surface area is 164 Å². The lowest BCUT2D eigenvalue weighted by molar-refractivity contribution is 0.0609. The number of hydrogen-bond donors (Lipinski definition) is 0. The van der Waals surface area contributed by atoms with Crippen molar-refractivity contribution >= 4 is 5.91 Å². The van der Waals surface area contributed by atoms with Crippen molar-refractivity contribution in [1.82, 2.24) is 30.0 Å². The zero-order chi connectivity index (χ0) is 19.3. The number of hydrogen-bond acceptors (Lipinski definition) is 5. The van der Waals surface area contributed by atoms with Crippen LogP contribution in [0.4, 0.5) is 0 Å². The molecule has 2 aromatic carbocycles. The Morgan fingerprint density at radius 2 is 1.93 bits per heavy atom. The number of carbonyl (C=O) groups excluding carboxylic acids is 1. The first-order valence-corrected chi connectivity index (χ1v) is 9.58. The van der Waals surface area contributed by atoms with E-state index < -0.39 is 0 Å². The van der Waals surface area contributed by atoms with Gasteiger partial charge in [-0.2, -0.15) is 4.68 Å². The maximum Gasteiger partial charge on any atom is 0.256 e. The summed E-state index contributed by atoms with van der Waals surface area (Å²) in [6.07, 6.45) is 3.61. The Kier molecular flexibility index (Phi) is 5.43. The fourth-order valence-corrected chi connectivity index (χ4v) is 3.81. The van der Waals surface area contributed by atoms with Gasteiger partial charge in [0.15, 0.2) is 0 Å². The topological polar surface area (TPSA) is 67.2 Å². The van der Waals surface area contributed by atoms with Gasteiger partial charge in [0.25, 0.3) is 5.91 Å². The molecule has 0 saturated carbocycles. The summed E-state index contributed by atoms with van der Waals surface area (Å²) in [6, 6.07) is 18.1. The number of likely N-dealkylation sites (tertiary alicyclic amines) is 1. The SMILES string of the molecule is CN(C(=O)c1ccccc1-n1cnnn1)C1CCCN(Cc2ccccc2)C1. The first-order valence-electron chi connectivity index (χ1n) is 9.58. The van der Waals surface area contributed by atoms with Gasteiger partial charge in [0, 0.05) is 26.2 Å². The van der Waals surface area contributed by atoms with Crippen LogP contribution in [-0.2, 0) is 6.54 Å². The molecule has 7 nitrogen and oxygen atoms in total. The zero-order valence-corrected chi connectivity index (χ0v) is 16.0. The molecular weight excluding hydrogens is 352 g/mol. The van der Waals surface area contributed by atoms with Crippen molar-refractivity contribution in [1.29, 1.82) is 0 Å². The van der Waals surface area contributed by atoms with E-state index in [-0.39, 0.29) is 11.9 Å². The standard InChI is InChI=1S/C21H24N6O/c1-25(18-10-7-13-26(15-18)14-17-8-3-2-4-9-17)21(28)19-11-5-6-12-20(19)27-16-22-23-24-27/h2-6,8-9,11-12,16,18H,7,10,13-15H2,1H3. The minimum Gasteiger partial charge on any atom is -0.337 e. The van der Waals surface area contributed by atoms with Gasteiger partial charge in [-0.25, -0.2) is 0 Å². The minimum atomic E-state index is -0.00217. The second-order valence-electron chi connectivity index (χ2n) is 7.20. The van der Waals surface area contributed by atoms with Crippen LogP contribution in [-0.4, -0.2) is 62.1 Å². The Morgan fingerprint density at radius 3 is 2.71 bits per heavy atom. The normalized spacial score (nSPS) is 17.4. The van der Waals surface area contributed by atoms with E-state index in [1.165, 1.54) is 16.6 Å². The van der Waals surface area contributed by atoms with Gasteiger partial charge in [0.2, 0.25) is 0 Å². The van der Waals surface area contributed by atoms with Crippen LogP contribution in [0.5, 0.6) is 0 Å². The van der Waals surface area contributed by atoms with Gasteiger partial charge in [-0.3, -0.25) is 9.69 Å². The van der Waals surface area contributed by atoms with E-state index in [2.05, 4.69) is 44.7 Å². The molecule has 1 saturated heterocycles. The molecule has 1 fully saturated rings. The second-order valence-corrected chi connectivity index (χ2v) is 7.20. The lowest BCUT2D eigenvalue weighted by Gasteiger charge is -2.38. The average molecular weight is 376 g/mol. The molecule has 1 aliphatic heterocycles. The van der Waals surface area contributed by atoms with E-state index in [1.54, 1.807) is 0 Å². The van der Waals surface area contributed by atoms with Crippen LogP contribution in [0.3, 0.4) is 0 Å². The number of aromatic nitrogens is 4. The van der Waals surface area contributed by atoms with Crippen molar-refractivity contribution in [3.8, 4) is 5.69 Å². The van der Waals surface area contributed by atoms with Crippen LogP contribution in [0.1, 0.15) is 28.8 Å². The summed E-state index contributed by atoms with van der Waals surface area (Å²) >= 11 is 0. The molecule has 144 valence electrons. The lowest BCUT2D eigenvalue weighted by atomic mass is 10.0. The quantitative estimate of drug-likeness (QED) is 0.684. The maximum atomic E-state index is 13.3. The molecular formula is C21H24N6O. The molecule has 28 heavy (non-hydrogen) atoms. The van der Waals surface area contributed by atoms with Crippen LogP contribution in [0.15, 0.2) is 60.9 Å². The Morgan fingerprint density at radius 1 is 1.14 bits per heavy atom. The number of nitrogens with zero attached hydrogens (tertiary/aromatic N) is 6. The summed E-state index contributed by atoms with van der Waals surface area (Å²) in [5.74, 6) is -0.00217. The fraction of sp³-hybridized carbons (Fsp3) is 0.333. The maximum absolute atomic E-state index is 13.3. The molecule has 1 aliphatic rings. The minimum absolute atomic E-state index is 0.00217. The smallest absolute Gasteiger partial charge is 0.256 e. The molecule has 4 rings (SSSR count). The summed E-state index contributed by atoms with van der Waals surface area (Å²) in [7, 11) is 1.90. The molecule has 1 unspecified atom stereocenters. The molecule has 0 N–H and O–H groups in total. The number of para-hydroxylation sites is 1. The third-order valence-corrected chi connectivity index (χ3v) is 5.33.